The Kier molecular flexibility index (Phi) is 8.15. The molecule has 2 unspecified atom stereocenters. The summed E-state index contributed by atoms with van der Waals surface area (Å²) < 4.78 is 0. The lowest BCUT2D eigenvalue weighted by molar-refractivity contribution is -0.122. The van der Waals surface area contributed by atoms with Crippen molar-refractivity contribution in [3.05, 3.63) is 88.6 Å². The van der Waals surface area contributed by atoms with Crippen LogP contribution in [-0.4, -0.2) is 79.4 Å². The highest BCUT2D eigenvalue weighted by Crippen LogP contribution is 2.49. The number of fused-ring (bicyclic) bond motifs is 3. The Morgan fingerprint density at radius 1 is 1.05 bits per heavy atom. The van der Waals surface area contributed by atoms with Gasteiger partial charge >= 0.3 is 0 Å². The predicted octanol–water partition coefficient (Wildman–Crippen LogP) is 3.66. The first-order valence-corrected chi connectivity index (χ1v) is 15.1. The number of nitrogens with one attached hydrogen (secondary N) is 1. The molecule has 0 spiro atoms. The van der Waals surface area contributed by atoms with Crippen LogP contribution in [0.25, 0.3) is 5.70 Å². The molecule has 8 heteroatoms. The number of hydrogen-bond acceptors (Lipinski definition) is 6. The lowest BCUT2D eigenvalue weighted by Crippen LogP contribution is -2.48. The van der Waals surface area contributed by atoms with Crippen molar-refractivity contribution in [3.63, 3.8) is 0 Å². The predicted molar refractivity (Wildman–Crippen MR) is 170 cm³/mol. The van der Waals surface area contributed by atoms with Gasteiger partial charge in [-0.25, -0.2) is 0 Å². The first-order valence-electron chi connectivity index (χ1n) is 15.1. The Labute approximate surface area is 255 Å². The summed E-state index contributed by atoms with van der Waals surface area (Å²) >= 11 is 0. The summed E-state index contributed by atoms with van der Waals surface area (Å²) in [7, 11) is 7.41. The Balaban J connectivity index is 1.52. The lowest BCUT2D eigenvalue weighted by Gasteiger charge is -2.37. The highest BCUT2D eigenvalue weighted by molar-refractivity contribution is 5.96. The maximum Gasteiger partial charge on any atom is 0.253 e. The second-order valence-corrected chi connectivity index (χ2v) is 13.0. The number of carbonyl (C=O) groups excluding carboxylic acids is 2. The zero-order valence-electron chi connectivity index (χ0n) is 26.1. The zero-order chi connectivity index (χ0) is 31.2. The Morgan fingerprint density at radius 2 is 1.65 bits per heavy atom. The van der Waals surface area contributed by atoms with E-state index in [1.54, 1.807) is 19.0 Å². The minimum absolute atomic E-state index is 0.0807. The Morgan fingerprint density at radius 3 is 2.21 bits per heavy atom. The summed E-state index contributed by atoms with van der Waals surface area (Å²) in [5.41, 5.74) is 12.5. The molecule has 0 aromatic heterocycles. The number of nitrogens with two attached hydrogens (primary N) is 1. The fraction of sp³-hybridized carbons (Fsp3) is 0.457. The molecule has 0 radical (unpaired) electrons. The van der Waals surface area contributed by atoms with Crippen molar-refractivity contribution in [3.8, 4) is 6.07 Å². The number of amides is 2. The number of rotatable bonds is 10. The maximum absolute atomic E-state index is 13.9. The topological polar surface area (TPSA) is 106 Å². The molecule has 5 atom stereocenters. The van der Waals surface area contributed by atoms with Gasteiger partial charge in [0, 0.05) is 63.8 Å². The van der Waals surface area contributed by atoms with Crippen LogP contribution < -0.4 is 11.1 Å². The third kappa shape index (κ3) is 5.43. The van der Waals surface area contributed by atoms with Gasteiger partial charge in [0.05, 0.1) is 6.07 Å². The number of nitriles is 1. The van der Waals surface area contributed by atoms with Crippen molar-refractivity contribution in [2.75, 3.05) is 34.7 Å². The van der Waals surface area contributed by atoms with Crippen molar-refractivity contribution in [2.24, 2.45) is 11.7 Å². The van der Waals surface area contributed by atoms with E-state index in [0.29, 0.717) is 43.3 Å². The molecular formula is C35H44N6O2. The van der Waals surface area contributed by atoms with Crippen molar-refractivity contribution < 1.29 is 9.59 Å². The molecule has 226 valence electrons. The highest BCUT2D eigenvalue weighted by Gasteiger charge is 2.52. The van der Waals surface area contributed by atoms with Crippen molar-refractivity contribution in [1.82, 2.24) is 20.0 Å². The normalized spacial score (nSPS) is 24.0. The molecule has 1 heterocycles. The van der Waals surface area contributed by atoms with Gasteiger partial charge in [0.2, 0.25) is 5.91 Å². The molecular weight excluding hydrogens is 536 g/mol. The van der Waals surface area contributed by atoms with Crippen molar-refractivity contribution >= 4 is 17.5 Å². The van der Waals surface area contributed by atoms with Crippen molar-refractivity contribution in [2.45, 2.75) is 62.6 Å². The zero-order valence-corrected chi connectivity index (χ0v) is 26.1. The number of carbonyl (C=O) groups is 2. The largest absolute Gasteiger partial charge is 0.378 e. The second-order valence-electron chi connectivity index (χ2n) is 13.0. The monoisotopic (exact) mass is 580 g/mol. The van der Waals surface area contributed by atoms with Crippen LogP contribution >= 0.6 is 0 Å². The van der Waals surface area contributed by atoms with Crippen molar-refractivity contribution in [1.29, 1.82) is 5.26 Å². The molecule has 2 aromatic carbocycles. The fourth-order valence-electron chi connectivity index (χ4n) is 7.20. The van der Waals surface area contributed by atoms with Gasteiger partial charge in [-0.3, -0.25) is 9.59 Å². The third-order valence-corrected chi connectivity index (χ3v) is 9.63. The summed E-state index contributed by atoms with van der Waals surface area (Å²) in [6.07, 6.45) is 3.85. The van der Waals surface area contributed by atoms with Gasteiger partial charge in [0.1, 0.15) is 11.5 Å². The van der Waals surface area contributed by atoms with Crippen LogP contribution in [-0.2, 0) is 23.1 Å². The summed E-state index contributed by atoms with van der Waals surface area (Å²) in [5, 5.41) is 13.3. The van der Waals surface area contributed by atoms with E-state index in [2.05, 4.69) is 42.4 Å². The van der Waals surface area contributed by atoms with Gasteiger partial charge in [0.15, 0.2) is 0 Å². The average Bonchev–Trinajstić information content (AvgIpc) is 3.67. The molecule has 1 saturated heterocycles. The number of likely N-dealkylation sites (tertiary alicyclic amines) is 1. The van der Waals surface area contributed by atoms with Gasteiger partial charge in [-0.05, 0) is 91.0 Å². The van der Waals surface area contributed by atoms with Crippen LogP contribution in [0.2, 0.25) is 0 Å². The highest BCUT2D eigenvalue weighted by atomic mass is 16.2. The van der Waals surface area contributed by atoms with Crippen LogP contribution in [0.15, 0.2) is 55.3 Å². The molecule has 2 amide bonds. The van der Waals surface area contributed by atoms with Gasteiger partial charge < -0.3 is 25.8 Å². The molecule has 1 aliphatic heterocycles. The van der Waals surface area contributed by atoms with Crippen LogP contribution in [0.4, 0.5) is 0 Å². The van der Waals surface area contributed by atoms with E-state index in [1.807, 2.05) is 49.3 Å². The lowest BCUT2D eigenvalue weighted by atomic mass is 9.68. The Hall–Kier alpha value is -4.09. The van der Waals surface area contributed by atoms with E-state index in [1.165, 1.54) is 0 Å². The maximum atomic E-state index is 13.9. The molecule has 2 aliphatic carbocycles. The van der Waals surface area contributed by atoms with E-state index >= 15 is 0 Å². The van der Waals surface area contributed by atoms with Crippen LogP contribution in [0, 0.1) is 17.2 Å². The summed E-state index contributed by atoms with van der Waals surface area (Å²) in [5.74, 6) is 0.108. The van der Waals surface area contributed by atoms with Gasteiger partial charge in [0.25, 0.3) is 5.91 Å². The standard InChI is InChI=1S/C35H44N6O2/c1-21(38-20-22(2)41-29(19-36)16-28-17-32(28)41)18-35(34(37)43)30-12-10-24(23(3)39(4)5)14-25(30)8-9-26-15-27(11-13-31(26)35)33(42)40(6)7/h10-15,21,28-29,32,38H,2-3,8-9,16-18,20H2,1,4-7H3,(H2,37,43)/t21-,28-,29?,32+,35?/m1/s1. The molecule has 2 fully saturated rings. The number of primary amides is 1. The number of hydrogen-bond donors (Lipinski definition) is 2. The minimum atomic E-state index is -1.11. The molecule has 43 heavy (non-hydrogen) atoms. The number of benzene rings is 2. The summed E-state index contributed by atoms with van der Waals surface area (Å²) in [6, 6.07) is 14.5. The SMILES string of the molecule is C=C(c1ccc2c(c1)CCc1cc(C(=O)N(C)C)ccc1C2(C[C@@H](C)NCC(=C)N1C(C#N)C[C@@H]2C[C@@H]21)C(N)=O)N(C)C. The number of nitrogens with zero attached hydrogens (tertiary/aromatic N) is 4. The third-order valence-electron chi connectivity index (χ3n) is 9.63. The van der Waals surface area contributed by atoms with Gasteiger partial charge in [-0.15, -0.1) is 0 Å². The van der Waals surface area contributed by atoms with Gasteiger partial charge in [-0.1, -0.05) is 31.4 Å². The number of piperidine rings is 1. The Bertz CT molecular complexity index is 1450. The van der Waals surface area contributed by atoms with Gasteiger partial charge in [-0.2, -0.15) is 5.26 Å². The first-order chi connectivity index (χ1) is 20.4. The summed E-state index contributed by atoms with van der Waals surface area (Å²) in [6.45, 7) is 11.2. The molecule has 5 rings (SSSR count). The van der Waals surface area contributed by atoms with Crippen LogP contribution in [0.3, 0.4) is 0 Å². The molecule has 3 aliphatic rings. The molecule has 3 N–H and O–H groups in total. The van der Waals surface area contributed by atoms with Crippen LogP contribution in [0.1, 0.15) is 64.4 Å². The minimum Gasteiger partial charge on any atom is -0.378 e. The number of aryl methyl sites for hydroxylation is 2. The molecule has 2 aromatic rings. The smallest absolute Gasteiger partial charge is 0.253 e. The van der Waals surface area contributed by atoms with E-state index < -0.39 is 11.3 Å². The second kappa shape index (κ2) is 11.5. The molecule has 0 bridgehead atoms. The van der Waals surface area contributed by atoms with Crippen LogP contribution in [0.5, 0.6) is 0 Å². The molecule has 1 saturated carbocycles. The molecule has 8 nitrogen and oxygen atoms in total. The quantitative estimate of drug-likeness (QED) is 0.445. The van der Waals surface area contributed by atoms with E-state index in [0.717, 1.165) is 52.1 Å². The first kappa shape index (κ1) is 30.4. The van der Waals surface area contributed by atoms with E-state index in [9.17, 15) is 14.9 Å². The average molecular weight is 581 g/mol. The van der Waals surface area contributed by atoms with E-state index in [-0.39, 0.29) is 18.0 Å². The fourth-order valence-corrected chi connectivity index (χ4v) is 7.20. The van der Waals surface area contributed by atoms with E-state index in [4.69, 9.17) is 5.73 Å². The summed E-state index contributed by atoms with van der Waals surface area (Å²) in [4.78, 5) is 32.5.